The number of aromatic nitrogens is 3. The maximum absolute atomic E-state index is 12.0. The number of hydrogen-bond acceptors (Lipinski definition) is 5. The second kappa shape index (κ2) is 7.19. The van der Waals surface area contributed by atoms with Gasteiger partial charge >= 0.3 is 5.97 Å². The van der Waals surface area contributed by atoms with E-state index in [9.17, 15) is 9.90 Å². The van der Waals surface area contributed by atoms with E-state index < -0.39 is 6.04 Å². The van der Waals surface area contributed by atoms with Crippen LogP contribution in [-0.4, -0.2) is 33.2 Å². The standard InChI is InChI=1S/C20H22ClN3O3/c1-20(2,3)14-9-12(5-8-18(14)25)17(11-19(26)27-4)24-22-15-7-6-13(21)10-16(15)23-24/h5-10,17,25H,11H2,1-4H3. The van der Waals surface area contributed by atoms with Crippen LogP contribution in [0.3, 0.4) is 0 Å². The van der Waals surface area contributed by atoms with Crippen LogP contribution in [-0.2, 0) is 14.9 Å². The van der Waals surface area contributed by atoms with E-state index >= 15 is 0 Å². The van der Waals surface area contributed by atoms with E-state index in [0.717, 1.165) is 11.1 Å². The Balaban J connectivity index is 2.12. The van der Waals surface area contributed by atoms with E-state index in [2.05, 4.69) is 10.2 Å². The maximum atomic E-state index is 12.0. The van der Waals surface area contributed by atoms with Gasteiger partial charge in [0.25, 0.3) is 0 Å². The van der Waals surface area contributed by atoms with Gasteiger partial charge in [-0.15, -0.1) is 0 Å². The fourth-order valence-electron chi connectivity index (χ4n) is 2.98. The number of halogens is 1. The molecule has 1 N–H and O–H groups in total. The van der Waals surface area contributed by atoms with Crippen LogP contribution in [0.1, 0.15) is 44.4 Å². The molecule has 1 aromatic heterocycles. The van der Waals surface area contributed by atoms with Crippen LogP contribution in [0.25, 0.3) is 11.0 Å². The van der Waals surface area contributed by atoms with Crippen LogP contribution in [0.2, 0.25) is 5.02 Å². The Kier molecular flexibility index (Phi) is 5.11. The highest BCUT2D eigenvalue weighted by molar-refractivity contribution is 6.31. The summed E-state index contributed by atoms with van der Waals surface area (Å²) < 4.78 is 4.86. The van der Waals surface area contributed by atoms with E-state index in [4.69, 9.17) is 16.3 Å². The van der Waals surface area contributed by atoms with Crippen molar-refractivity contribution >= 4 is 28.6 Å². The SMILES string of the molecule is COC(=O)CC(c1ccc(O)c(C(C)(C)C)c1)n1nc2ccc(Cl)cc2n1. The van der Waals surface area contributed by atoms with Gasteiger partial charge in [0, 0.05) is 5.02 Å². The summed E-state index contributed by atoms with van der Waals surface area (Å²) in [6, 6.07) is 10.1. The summed E-state index contributed by atoms with van der Waals surface area (Å²) in [5.74, 6) is -0.154. The van der Waals surface area contributed by atoms with Gasteiger partial charge < -0.3 is 9.84 Å². The average molecular weight is 388 g/mol. The summed E-state index contributed by atoms with van der Waals surface area (Å²) in [5, 5.41) is 19.8. The summed E-state index contributed by atoms with van der Waals surface area (Å²) in [6.45, 7) is 6.05. The zero-order valence-corrected chi connectivity index (χ0v) is 16.5. The Labute approximate surface area is 162 Å². The number of fused-ring (bicyclic) bond motifs is 1. The molecule has 0 fully saturated rings. The lowest BCUT2D eigenvalue weighted by Crippen LogP contribution is -2.20. The molecule has 0 spiro atoms. The molecule has 0 amide bonds. The van der Waals surface area contributed by atoms with Crippen molar-refractivity contribution in [1.29, 1.82) is 0 Å². The second-order valence-electron chi connectivity index (χ2n) is 7.48. The van der Waals surface area contributed by atoms with Crippen molar-refractivity contribution in [2.45, 2.75) is 38.6 Å². The van der Waals surface area contributed by atoms with Crippen molar-refractivity contribution in [3.8, 4) is 5.75 Å². The molecule has 0 aliphatic carbocycles. The van der Waals surface area contributed by atoms with Gasteiger partial charge in [-0.2, -0.15) is 15.0 Å². The number of carbonyl (C=O) groups is 1. The molecule has 27 heavy (non-hydrogen) atoms. The van der Waals surface area contributed by atoms with Crippen LogP contribution in [0.15, 0.2) is 36.4 Å². The Morgan fingerprint density at radius 2 is 1.89 bits per heavy atom. The highest BCUT2D eigenvalue weighted by Gasteiger charge is 2.25. The van der Waals surface area contributed by atoms with Gasteiger partial charge in [-0.25, -0.2) is 0 Å². The second-order valence-corrected chi connectivity index (χ2v) is 7.91. The summed E-state index contributed by atoms with van der Waals surface area (Å²) in [4.78, 5) is 13.5. The van der Waals surface area contributed by atoms with Gasteiger partial charge in [-0.1, -0.05) is 38.4 Å². The van der Waals surface area contributed by atoms with Crippen LogP contribution in [0.5, 0.6) is 5.75 Å². The summed E-state index contributed by atoms with van der Waals surface area (Å²) in [5.41, 5.74) is 2.67. The molecule has 0 aliphatic heterocycles. The molecular weight excluding hydrogens is 366 g/mol. The van der Waals surface area contributed by atoms with Crippen molar-refractivity contribution in [2.75, 3.05) is 7.11 Å². The van der Waals surface area contributed by atoms with Crippen molar-refractivity contribution in [3.05, 3.63) is 52.5 Å². The van der Waals surface area contributed by atoms with Crippen molar-refractivity contribution in [3.63, 3.8) is 0 Å². The smallest absolute Gasteiger partial charge is 0.308 e. The molecular formula is C20H22ClN3O3. The lowest BCUT2D eigenvalue weighted by atomic mass is 9.84. The number of benzene rings is 2. The van der Waals surface area contributed by atoms with Crippen molar-refractivity contribution in [1.82, 2.24) is 15.0 Å². The van der Waals surface area contributed by atoms with Gasteiger partial charge in [0.05, 0.1) is 13.5 Å². The number of nitrogens with zero attached hydrogens (tertiary/aromatic N) is 3. The number of ether oxygens (including phenoxy) is 1. The number of methoxy groups -OCH3 is 1. The monoisotopic (exact) mass is 387 g/mol. The third kappa shape index (κ3) is 4.06. The van der Waals surface area contributed by atoms with Gasteiger partial charge in [0.15, 0.2) is 0 Å². The van der Waals surface area contributed by atoms with Gasteiger partial charge in [0.1, 0.15) is 22.8 Å². The molecule has 0 aliphatic rings. The van der Waals surface area contributed by atoms with Crippen molar-refractivity contribution < 1.29 is 14.6 Å². The molecule has 0 radical (unpaired) electrons. The molecule has 3 rings (SSSR count). The number of esters is 1. The summed E-state index contributed by atoms with van der Waals surface area (Å²) in [6.07, 6.45) is 0.0690. The molecule has 2 aromatic carbocycles. The molecule has 7 heteroatoms. The maximum Gasteiger partial charge on any atom is 0.308 e. The van der Waals surface area contributed by atoms with Gasteiger partial charge in [-0.3, -0.25) is 4.79 Å². The largest absolute Gasteiger partial charge is 0.508 e. The van der Waals surface area contributed by atoms with Gasteiger partial charge in [0.2, 0.25) is 0 Å². The zero-order chi connectivity index (χ0) is 19.8. The minimum absolute atomic E-state index is 0.0690. The normalized spacial score (nSPS) is 12.9. The number of aromatic hydroxyl groups is 1. The minimum atomic E-state index is -0.467. The average Bonchev–Trinajstić information content (AvgIpc) is 3.01. The van der Waals surface area contributed by atoms with E-state index in [1.807, 2.05) is 26.8 Å². The fraction of sp³-hybridized carbons (Fsp3) is 0.350. The predicted octanol–water partition coefficient (Wildman–Crippen LogP) is 4.24. The van der Waals surface area contributed by atoms with Crippen molar-refractivity contribution in [2.24, 2.45) is 0 Å². The minimum Gasteiger partial charge on any atom is -0.508 e. The first-order valence-corrected chi connectivity index (χ1v) is 8.99. The first-order chi connectivity index (χ1) is 12.7. The number of carbonyl (C=O) groups excluding carboxylic acids is 1. The topological polar surface area (TPSA) is 77.2 Å². The first-order valence-electron chi connectivity index (χ1n) is 8.61. The van der Waals surface area contributed by atoms with Crippen LogP contribution >= 0.6 is 11.6 Å². The van der Waals surface area contributed by atoms with E-state index in [0.29, 0.717) is 16.1 Å². The first kappa shape index (κ1) is 19.2. The Bertz CT molecular complexity index is 992. The summed E-state index contributed by atoms with van der Waals surface area (Å²) >= 11 is 6.04. The van der Waals surface area contributed by atoms with E-state index in [1.54, 1.807) is 30.3 Å². The number of phenolic OH excluding ortho intramolecular Hbond substituents is 1. The molecule has 1 heterocycles. The molecule has 1 atom stereocenters. The molecule has 6 nitrogen and oxygen atoms in total. The van der Waals surface area contributed by atoms with Crippen LogP contribution < -0.4 is 0 Å². The van der Waals surface area contributed by atoms with E-state index in [-0.39, 0.29) is 23.6 Å². The Morgan fingerprint density at radius 3 is 2.56 bits per heavy atom. The molecule has 142 valence electrons. The Hall–Kier alpha value is -2.60. The molecule has 0 saturated carbocycles. The molecule has 0 saturated heterocycles. The number of rotatable bonds is 4. The third-order valence-electron chi connectivity index (χ3n) is 4.44. The third-order valence-corrected chi connectivity index (χ3v) is 4.67. The number of phenols is 1. The summed E-state index contributed by atoms with van der Waals surface area (Å²) in [7, 11) is 1.35. The van der Waals surface area contributed by atoms with Crippen LogP contribution in [0, 0.1) is 0 Å². The van der Waals surface area contributed by atoms with Gasteiger partial charge in [-0.05, 0) is 46.9 Å². The highest BCUT2D eigenvalue weighted by atomic mass is 35.5. The predicted molar refractivity (Wildman–Crippen MR) is 104 cm³/mol. The number of hydrogen-bond donors (Lipinski definition) is 1. The van der Waals surface area contributed by atoms with E-state index in [1.165, 1.54) is 11.9 Å². The highest BCUT2D eigenvalue weighted by Crippen LogP contribution is 2.34. The quantitative estimate of drug-likeness (QED) is 0.677. The molecule has 1 unspecified atom stereocenters. The van der Waals surface area contributed by atoms with Crippen LogP contribution in [0.4, 0.5) is 0 Å². The zero-order valence-electron chi connectivity index (χ0n) is 15.7. The lowest BCUT2D eigenvalue weighted by Gasteiger charge is -2.23. The molecule has 0 bridgehead atoms. The molecule has 3 aromatic rings. The lowest BCUT2D eigenvalue weighted by molar-refractivity contribution is -0.141. The Morgan fingerprint density at radius 1 is 1.19 bits per heavy atom. The fourth-order valence-corrected chi connectivity index (χ4v) is 3.15.